The number of nitrogens with one attached hydrogen (secondary N) is 1. The quantitative estimate of drug-likeness (QED) is 0.369. The first kappa shape index (κ1) is 20.2. The summed E-state index contributed by atoms with van der Waals surface area (Å²) in [6.45, 7) is 2.99. The molecule has 1 atom stereocenters. The van der Waals surface area contributed by atoms with Gasteiger partial charge in [-0.1, -0.05) is 36.4 Å². The van der Waals surface area contributed by atoms with E-state index in [1.807, 2.05) is 35.7 Å². The van der Waals surface area contributed by atoms with Gasteiger partial charge in [0, 0.05) is 22.6 Å². The minimum atomic E-state index is -1.10. The van der Waals surface area contributed by atoms with Gasteiger partial charge in [0.1, 0.15) is 0 Å². The molecule has 0 aliphatic heterocycles. The fourth-order valence-electron chi connectivity index (χ4n) is 2.49. The van der Waals surface area contributed by atoms with Gasteiger partial charge in [-0.2, -0.15) is 0 Å². The summed E-state index contributed by atoms with van der Waals surface area (Å²) in [5, 5.41) is 15.8. The Kier molecular flexibility index (Phi) is 5.99. The van der Waals surface area contributed by atoms with Crippen molar-refractivity contribution in [2.45, 2.75) is 20.0 Å². The molecule has 29 heavy (non-hydrogen) atoms. The average Bonchev–Trinajstić information content (AvgIpc) is 3.17. The molecule has 0 radical (unpaired) electrons. The second-order valence-corrected chi connectivity index (χ2v) is 7.06. The summed E-state index contributed by atoms with van der Waals surface area (Å²) >= 11 is 1.25. The van der Waals surface area contributed by atoms with E-state index in [0.29, 0.717) is 10.7 Å². The number of carbonyl (C=O) groups is 2. The topological polar surface area (TPSA) is 111 Å². The standard InChI is InChI=1S/C20H17N3O5S/c1-12-8-9-15(10-17(12)23(26)27)19(25)28-13(2)18(24)22-20-21-16(11-29-20)14-6-4-3-5-7-14/h3-11,13H,1-2H3,(H,21,22,24)/t13-/m0/s1. The molecule has 3 rings (SSSR count). The van der Waals surface area contributed by atoms with Crippen LogP contribution in [0.15, 0.2) is 53.9 Å². The number of anilines is 1. The van der Waals surface area contributed by atoms with Crippen LogP contribution in [-0.2, 0) is 9.53 Å². The lowest BCUT2D eigenvalue weighted by Crippen LogP contribution is -2.30. The van der Waals surface area contributed by atoms with E-state index in [1.165, 1.54) is 30.4 Å². The van der Waals surface area contributed by atoms with Gasteiger partial charge in [0.05, 0.1) is 16.2 Å². The number of carbonyl (C=O) groups excluding carboxylic acids is 2. The molecule has 1 amide bonds. The Labute approximate surface area is 170 Å². The van der Waals surface area contributed by atoms with E-state index in [-0.39, 0.29) is 11.3 Å². The Balaban J connectivity index is 1.64. The minimum Gasteiger partial charge on any atom is -0.449 e. The number of ether oxygens (including phenoxy) is 1. The summed E-state index contributed by atoms with van der Waals surface area (Å²) in [5.74, 6) is -1.37. The van der Waals surface area contributed by atoms with Gasteiger partial charge in [-0.25, -0.2) is 9.78 Å². The summed E-state index contributed by atoms with van der Waals surface area (Å²) in [5.41, 5.74) is 1.89. The number of amides is 1. The maximum absolute atomic E-state index is 12.3. The highest BCUT2D eigenvalue weighted by Crippen LogP contribution is 2.25. The predicted octanol–water partition coefficient (Wildman–Crippen LogP) is 4.21. The Bertz CT molecular complexity index is 1060. The highest BCUT2D eigenvalue weighted by atomic mass is 32.1. The summed E-state index contributed by atoms with van der Waals surface area (Å²) in [6, 6.07) is 13.5. The zero-order valence-corrected chi connectivity index (χ0v) is 16.4. The van der Waals surface area contributed by atoms with Gasteiger partial charge in [-0.3, -0.25) is 20.2 Å². The van der Waals surface area contributed by atoms with Crippen LogP contribution in [-0.4, -0.2) is 27.9 Å². The molecule has 0 unspecified atom stereocenters. The third kappa shape index (κ3) is 4.82. The van der Waals surface area contributed by atoms with Crippen LogP contribution in [0.2, 0.25) is 0 Å². The third-order valence-electron chi connectivity index (χ3n) is 4.10. The second-order valence-electron chi connectivity index (χ2n) is 6.20. The van der Waals surface area contributed by atoms with Crippen molar-refractivity contribution >= 4 is 34.0 Å². The van der Waals surface area contributed by atoms with Crippen molar-refractivity contribution < 1.29 is 19.2 Å². The monoisotopic (exact) mass is 411 g/mol. The van der Waals surface area contributed by atoms with Crippen molar-refractivity contribution in [2.75, 3.05) is 5.32 Å². The van der Waals surface area contributed by atoms with E-state index >= 15 is 0 Å². The van der Waals surface area contributed by atoms with Crippen molar-refractivity contribution in [3.63, 3.8) is 0 Å². The number of nitrogens with zero attached hydrogens (tertiary/aromatic N) is 2. The molecule has 9 heteroatoms. The molecule has 8 nitrogen and oxygen atoms in total. The fourth-order valence-corrected chi connectivity index (χ4v) is 3.22. The molecule has 0 saturated carbocycles. The van der Waals surface area contributed by atoms with Crippen molar-refractivity contribution in [1.82, 2.24) is 4.98 Å². The van der Waals surface area contributed by atoms with Crippen molar-refractivity contribution in [2.24, 2.45) is 0 Å². The van der Waals surface area contributed by atoms with E-state index < -0.39 is 22.9 Å². The summed E-state index contributed by atoms with van der Waals surface area (Å²) < 4.78 is 5.14. The van der Waals surface area contributed by atoms with Crippen LogP contribution in [0.3, 0.4) is 0 Å². The molecule has 1 N–H and O–H groups in total. The maximum Gasteiger partial charge on any atom is 0.339 e. The third-order valence-corrected chi connectivity index (χ3v) is 4.86. The molecule has 0 saturated heterocycles. The van der Waals surface area contributed by atoms with Crippen LogP contribution in [0.1, 0.15) is 22.8 Å². The number of aryl methyl sites for hydroxylation is 1. The lowest BCUT2D eigenvalue weighted by Gasteiger charge is -2.12. The van der Waals surface area contributed by atoms with E-state index in [1.54, 1.807) is 6.92 Å². The molecule has 2 aromatic carbocycles. The number of thiazole rings is 1. The van der Waals surface area contributed by atoms with Crippen LogP contribution in [0.4, 0.5) is 10.8 Å². The summed E-state index contributed by atoms with van der Waals surface area (Å²) in [4.78, 5) is 39.4. The summed E-state index contributed by atoms with van der Waals surface area (Å²) in [7, 11) is 0. The Morgan fingerprint density at radius 1 is 1.21 bits per heavy atom. The van der Waals surface area contributed by atoms with Gasteiger partial charge in [0.25, 0.3) is 11.6 Å². The molecule has 1 aromatic heterocycles. The Morgan fingerprint density at radius 2 is 1.93 bits per heavy atom. The van der Waals surface area contributed by atoms with Crippen molar-refractivity contribution in [3.8, 4) is 11.3 Å². The summed E-state index contributed by atoms with van der Waals surface area (Å²) in [6.07, 6.45) is -1.10. The zero-order chi connectivity index (χ0) is 21.0. The van der Waals surface area contributed by atoms with Gasteiger partial charge in [-0.05, 0) is 19.9 Å². The Morgan fingerprint density at radius 3 is 2.62 bits per heavy atom. The molecule has 1 heterocycles. The molecule has 148 valence electrons. The van der Waals surface area contributed by atoms with Crippen LogP contribution in [0, 0.1) is 17.0 Å². The molecular weight excluding hydrogens is 394 g/mol. The largest absolute Gasteiger partial charge is 0.449 e. The van der Waals surface area contributed by atoms with E-state index in [2.05, 4.69) is 10.3 Å². The molecule has 0 aliphatic rings. The number of esters is 1. The molecule has 0 fully saturated rings. The van der Waals surface area contributed by atoms with Gasteiger partial charge in [0.15, 0.2) is 11.2 Å². The first-order valence-electron chi connectivity index (χ1n) is 8.63. The highest BCUT2D eigenvalue weighted by molar-refractivity contribution is 7.14. The predicted molar refractivity (Wildman–Crippen MR) is 109 cm³/mol. The van der Waals surface area contributed by atoms with Crippen LogP contribution in [0.5, 0.6) is 0 Å². The SMILES string of the molecule is Cc1ccc(C(=O)O[C@@H](C)C(=O)Nc2nc(-c3ccccc3)cs2)cc1[N+](=O)[O-]. The normalized spacial score (nSPS) is 11.5. The van der Waals surface area contributed by atoms with Crippen LogP contribution >= 0.6 is 11.3 Å². The van der Waals surface area contributed by atoms with Gasteiger partial charge in [-0.15, -0.1) is 11.3 Å². The van der Waals surface area contributed by atoms with E-state index in [0.717, 1.165) is 17.3 Å². The molecule has 0 spiro atoms. The highest BCUT2D eigenvalue weighted by Gasteiger charge is 2.22. The zero-order valence-electron chi connectivity index (χ0n) is 15.6. The first-order chi connectivity index (χ1) is 13.8. The lowest BCUT2D eigenvalue weighted by molar-refractivity contribution is -0.385. The molecular formula is C20H17N3O5S. The van der Waals surface area contributed by atoms with Crippen molar-refractivity contribution in [3.05, 3.63) is 75.2 Å². The molecule has 3 aromatic rings. The van der Waals surface area contributed by atoms with Crippen molar-refractivity contribution in [1.29, 1.82) is 0 Å². The van der Waals surface area contributed by atoms with Crippen LogP contribution < -0.4 is 5.32 Å². The number of nitro benzene ring substituents is 1. The second kappa shape index (κ2) is 8.61. The Hall–Kier alpha value is -3.59. The number of hydrogen-bond acceptors (Lipinski definition) is 7. The molecule has 0 bridgehead atoms. The fraction of sp³-hybridized carbons (Fsp3) is 0.150. The smallest absolute Gasteiger partial charge is 0.339 e. The van der Waals surface area contributed by atoms with Gasteiger partial charge < -0.3 is 4.74 Å². The minimum absolute atomic E-state index is 0.00237. The number of benzene rings is 2. The van der Waals surface area contributed by atoms with E-state index in [9.17, 15) is 19.7 Å². The van der Waals surface area contributed by atoms with E-state index in [4.69, 9.17) is 4.74 Å². The maximum atomic E-state index is 12.3. The van der Waals surface area contributed by atoms with Gasteiger partial charge >= 0.3 is 5.97 Å². The number of nitro groups is 1. The average molecular weight is 411 g/mol. The number of rotatable bonds is 6. The molecule has 0 aliphatic carbocycles. The van der Waals surface area contributed by atoms with Gasteiger partial charge in [0.2, 0.25) is 0 Å². The first-order valence-corrected chi connectivity index (χ1v) is 9.51. The number of hydrogen-bond donors (Lipinski definition) is 1. The number of aromatic nitrogens is 1. The van der Waals surface area contributed by atoms with Crippen LogP contribution in [0.25, 0.3) is 11.3 Å². The lowest BCUT2D eigenvalue weighted by atomic mass is 10.1.